The van der Waals surface area contributed by atoms with Gasteiger partial charge in [0.05, 0.1) is 6.10 Å². The van der Waals surface area contributed by atoms with Crippen molar-refractivity contribution in [2.24, 2.45) is 0 Å². The molecule has 162 valence electrons. The second-order valence-corrected chi connectivity index (χ2v) is 7.70. The fraction of sp³-hybridized carbons (Fsp3) is 0.750. The molecule has 0 aromatic heterocycles. The predicted molar refractivity (Wildman–Crippen MR) is 116 cm³/mol. The number of hydrogen-bond acceptors (Lipinski definition) is 4. The Balaban J connectivity index is 3.47. The minimum absolute atomic E-state index is 0.110. The quantitative estimate of drug-likeness (QED) is 0.163. The molecule has 0 radical (unpaired) electrons. The number of unbranched alkanes of at least 4 members (excludes halogenated alkanes) is 11. The van der Waals surface area contributed by atoms with Crippen LogP contribution in [0.4, 0.5) is 0 Å². The molecular weight excluding hydrogens is 352 g/mol. The summed E-state index contributed by atoms with van der Waals surface area (Å²) in [6.07, 6.45) is 18.6. The van der Waals surface area contributed by atoms with Crippen molar-refractivity contribution < 1.29 is 19.8 Å². The summed E-state index contributed by atoms with van der Waals surface area (Å²) < 4.78 is 0. The van der Waals surface area contributed by atoms with Gasteiger partial charge in [-0.2, -0.15) is 0 Å². The molecule has 2 unspecified atom stereocenters. The molecule has 2 atom stereocenters. The van der Waals surface area contributed by atoms with Gasteiger partial charge in [-0.05, 0) is 38.2 Å². The fourth-order valence-electron chi connectivity index (χ4n) is 3.15. The van der Waals surface area contributed by atoms with Crippen molar-refractivity contribution in [3.8, 4) is 0 Å². The lowest BCUT2D eigenvalue weighted by Crippen LogP contribution is -2.34. The largest absolute Gasteiger partial charge is 0.389 e. The van der Waals surface area contributed by atoms with Crippen LogP contribution in [0.5, 0.6) is 0 Å². The van der Waals surface area contributed by atoms with Gasteiger partial charge in [-0.15, -0.1) is 0 Å². The zero-order chi connectivity index (χ0) is 21.0. The van der Waals surface area contributed by atoms with Gasteiger partial charge in [-0.25, -0.2) is 0 Å². The van der Waals surface area contributed by atoms with E-state index in [1.165, 1.54) is 57.8 Å². The van der Waals surface area contributed by atoms with Gasteiger partial charge in [-0.3, -0.25) is 9.59 Å². The van der Waals surface area contributed by atoms with Crippen molar-refractivity contribution in [1.29, 1.82) is 0 Å². The standard InChI is InChI=1S/C24H42O4/c1-3-5-6-7-8-9-10-11-12-13-14-15-16-17-18-19-21(25)20-23(27)24(28)22(26)4-2/h4,11-12,23-24,27-28H,2-3,5-10,13-20H2,1H3/b12-11-. The van der Waals surface area contributed by atoms with Crippen LogP contribution in [0.3, 0.4) is 0 Å². The summed E-state index contributed by atoms with van der Waals surface area (Å²) in [6.45, 7) is 5.50. The Morgan fingerprint density at radius 3 is 1.86 bits per heavy atom. The SMILES string of the molecule is C=CC(=O)C(O)C(O)CC(=O)CCCCCCC/C=C\CCCCCCCC. The summed E-state index contributed by atoms with van der Waals surface area (Å²) in [7, 11) is 0. The van der Waals surface area contributed by atoms with E-state index in [1.54, 1.807) is 0 Å². The number of Topliss-reactive ketones (excluding diaryl/α,β-unsaturated/α-hetero) is 1. The van der Waals surface area contributed by atoms with E-state index < -0.39 is 18.0 Å². The Bertz CT molecular complexity index is 442. The van der Waals surface area contributed by atoms with Crippen molar-refractivity contribution in [2.75, 3.05) is 0 Å². The Morgan fingerprint density at radius 1 is 0.821 bits per heavy atom. The highest BCUT2D eigenvalue weighted by Crippen LogP contribution is 2.11. The number of aliphatic hydroxyl groups is 2. The monoisotopic (exact) mass is 394 g/mol. The summed E-state index contributed by atoms with van der Waals surface area (Å²) in [5, 5.41) is 19.2. The molecule has 0 aromatic carbocycles. The van der Waals surface area contributed by atoms with E-state index in [1.807, 2.05) is 0 Å². The lowest BCUT2D eigenvalue weighted by molar-refractivity contribution is -0.131. The zero-order valence-electron chi connectivity index (χ0n) is 17.9. The van der Waals surface area contributed by atoms with Gasteiger partial charge in [0.25, 0.3) is 0 Å². The van der Waals surface area contributed by atoms with Crippen LogP contribution in [0, 0.1) is 0 Å². The van der Waals surface area contributed by atoms with Crippen molar-refractivity contribution in [3.05, 3.63) is 24.8 Å². The predicted octanol–water partition coefficient (Wildman–Crippen LogP) is 5.46. The highest BCUT2D eigenvalue weighted by atomic mass is 16.3. The first kappa shape index (κ1) is 26.7. The Hall–Kier alpha value is -1.26. The number of rotatable bonds is 20. The second kappa shape index (κ2) is 19.1. The van der Waals surface area contributed by atoms with E-state index in [2.05, 4.69) is 25.7 Å². The van der Waals surface area contributed by atoms with Crippen molar-refractivity contribution in [3.63, 3.8) is 0 Å². The molecule has 28 heavy (non-hydrogen) atoms. The van der Waals surface area contributed by atoms with Crippen LogP contribution in [0.2, 0.25) is 0 Å². The summed E-state index contributed by atoms with van der Waals surface area (Å²) in [5.41, 5.74) is 0. The van der Waals surface area contributed by atoms with E-state index >= 15 is 0 Å². The number of carbonyl (C=O) groups excluding carboxylic acids is 2. The van der Waals surface area contributed by atoms with E-state index in [9.17, 15) is 19.8 Å². The zero-order valence-corrected chi connectivity index (χ0v) is 17.9. The third-order valence-electron chi connectivity index (χ3n) is 5.01. The topological polar surface area (TPSA) is 74.6 Å². The number of ketones is 2. The van der Waals surface area contributed by atoms with E-state index in [0.29, 0.717) is 6.42 Å². The molecule has 0 saturated heterocycles. The lowest BCUT2D eigenvalue weighted by Gasteiger charge is -2.14. The summed E-state index contributed by atoms with van der Waals surface area (Å²) in [4.78, 5) is 23.0. The van der Waals surface area contributed by atoms with E-state index in [-0.39, 0.29) is 12.2 Å². The number of carbonyl (C=O) groups is 2. The lowest BCUT2D eigenvalue weighted by atomic mass is 10.0. The molecule has 0 bridgehead atoms. The third-order valence-corrected chi connectivity index (χ3v) is 5.01. The maximum absolute atomic E-state index is 11.8. The number of hydrogen-bond donors (Lipinski definition) is 2. The molecule has 0 heterocycles. The fourth-order valence-corrected chi connectivity index (χ4v) is 3.15. The Labute approximate surface area is 172 Å². The second-order valence-electron chi connectivity index (χ2n) is 7.70. The molecule has 4 heteroatoms. The number of aliphatic hydroxyl groups excluding tert-OH is 2. The van der Waals surface area contributed by atoms with Crippen LogP contribution >= 0.6 is 0 Å². The first-order chi connectivity index (χ1) is 13.5. The molecular formula is C24H42O4. The maximum atomic E-state index is 11.8. The Kier molecular flexibility index (Phi) is 18.2. The van der Waals surface area contributed by atoms with Crippen LogP contribution in [0.15, 0.2) is 24.8 Å². The molecule has 0 aliphatic rings. The van der Waals surface area contributed by atoms with Crippen LogP contribution in [-0.4, -0.2) is 34.0 Å². The molecule has 4 nitrogen and oxygen atoms in total. The molecule has 0 fully saturated rings. The van der Waals surface area contributed by atoms with Crippen LogP contribution in [0.1, 0.15) is 103 Å². The molecule has 2 N–H and O–H groups in total. The van der Waals surface area contributed by atoms with Crippen LogP contribution in [-0.2, 0) is 9.59 Å². The minimum Gasteiger partial charge on any atom is -0.389 e. The summed E-state index contributed by atoms with van der Waals surface area (Å²) in [5.74, 6) is -0.762. The first-order valence-corrected chi connectivity index (χ1v) is 11.2. The van der Waals surface area contributed by atoms with Gasteiger partial charge < -0.3 is 10.2 Å². The molecule has 0 aromatic rings. The minimum atomic E-state index is -1.55. The average molecular weight is 395 g/mol. The van der Waals surface area contributed by atoms with Gasteiger partial charge >= 0.3 is 0 Å². The van der Waals surface area contributed by atoms with Crippen LogP contribution < -0.4 is 0 Å². The average Bonchev–Trinajstić information content (AvgIpc) is 2.69. The van der Waals surface area contributed by atoms with Crippen LogP contribution in [0.25, 0.3) is 0 Å². The first-order valence-electron chi connectivity index (χ1n) is 11.2. The van der Waals surface area contributed by atoms with Crippen molar-refractivity contribution in [2.45, 2.75) is 115 Å². The Morgan fingerprint density at radius 2 is 1.32 bits per heavy atom. The molecule has 0 saturated carbocycles. The van der Waals surface area contributed by atoms with Crippen molar-refractivity contribution in [1.82, 2.24) is 0 Å². The van der Waals surface area contributed by atoms with Gasteiger partial charge in [0.1, 0.15) is 11.9 Å². The summed E-state index contributed by atoms with van der Waals surface area (Å²) >= 11 is 0. The highest BCUT2D eigenvalue weighted by molar-refractivity contribution is 5.93. The normalized spacial score (nSPS) is 13.5. The van der Waals surface area contributed by atoms with E-state index in [0.717, 1.165) is 31.8 Å². The van der Waals surface area contributed by atoms with Gasteiger partial charge in [0.2, 0.25) is 0 Å². The maximum Gasteiger partial charge on any atom is 0.186 e. The molecule has 0 spiro atoms. The van der Waals surface area contributed by atoms with E-state index in [4.69, 9.17) is 0 Å². The third kappa shape index (κ3) is 15.8. The van der Waals surface area contributed by atoms with Crippen molar-refractivity contribution >= 4 is 11.6 Å². The molecule has 0 aliphatic carbocycles. The smallest absolute Gasteiger partial charge is 0.186 e. The van der Waals surface area contributed by atoms with Gasteiger partial charge in [0.15, 0.2) is 5.78 Å². The van der Waals surface area contributed by atoms with Gasteiger partial charge in [-0.1, -0.05) is 77.0 Å². The van der Waals surface area contributed by atoms with Gasteiger partial charge in [0, 0.05) is 12.8 Å². The highest BCUT2D eigenvalue weighted by Gasteiger charge is 2.23. The molecule has 0 aliphatic heterocycles. The summed E-state index contributed by atoms with van der Waals surface area (Å²) in [6, 6.07) is 0. The molecule has 0 amide bonds. The molecule has 0 rings (SSSR count). The number of allylic oxidation sites excluding steroid dienone is 2.